The molecule has 124 valence electrons. The molecule has 0 aliphatic heterocycles. The van der Waals surface area contributed by atoms with Crippen molar-refractivity contribution in [1.29, 1.82) is 0 Å². The zero-order valence-electron chi connectivity index (χ0n) is 11.2. The van der Waals surface area contributed by atoms with Crippen LogP contribution in [0.25, 0.3) is 0 Å². The minimum absolute atomic E-state index is 0.0875. The zero-order chi connectivity index (χ0) is 17.4. The van der Waals surface area contributed by atoms with Crippen molar-refractivity contribution in [2.75, 3.05) is 6.54 Å². The third-order valence-corrected chi connectivity index (χ3v) is 2.41. The number of carbonyl (C=O) groups is 2. The summed E-state index contributed by atoms with van der Waals surface area (Å²) >= 11 is 0. The molecule has 0 aliphatic rings. The SMILES string of the molecule is NC[C@@H](O)c1ccc(O)c(O)c1.O=C(O)[C@@H](O)[C@@H](O)C(=O)O. The summed E-state index contributed by atoms with van der Waals surface area (Å²) in [5, 5.41) is 59.7. The lowest BCUT2D eigenvalue weighted by Gasteiger charge is -2.08. The van der Waals surface area contributed by atoms with Crippen LogP contribution in [0.15, 0.2) is 18.2 Å². The first kappa shape index (κ1) is 19.6. The van der Waals surface area contributed by atoms with Crippen LogP contribution >= 0.6 is 0 Å². The number of aliphatic carboxylic acids is 2. The van der Waals surface area contributed by atoms with Crippen molar-refractivity contribution < 1.29 is 45.3 Å². The summed E-state index contributed by atoms with van der Waals surface area (Å²) in [5.74, 6) is -3.99. The fraction of sp³-hybridized carbons (Fsp3) is 0.333. The molecule has 1 aromatic rings. The van der Waals surface area contributed by atoms with E-state index in [-0.39, 0.29) is 18.0 Å². The Kier molecular flexibility index (Phi) is 7.83. The summed E-state index contributed by atoms with van der Waals surface area (Å²) in [5.41, 5.74) is 5.69. The van der Waals surface area contributed by atoms with E-state index in [1.807, 2.05) is 0 Å². The second-order valence-corrected chi connectivity index (χ2v) is 4.07. The maximum atomic E-state index is 9.77. The van der Waals surface area contributed by atoms with E-state index < -0.39 is 30.3 Å². The minimum Gasteiger partial charge on any atom is -0.504 e. The van der Waals surface area contributed by atoms with E-state index in [1.165, 1.54) is 18.2 Å². The first-order valence-corrected chi connectivity index (χ1v) is 5.83. The van der Waals surface area contributed by atoms with Crippen LogP contribution in [-0.4, -0.2) is 66.4 Å². The molecule has 9 N–H and O–H groups in total. The largest absolute Gasteiger partial charge is 0.504 e. The van der Waals surface area contributed by atoms with Crippen molar-refractivity contribution in [3.8, 4) is 11.5 Å². The summed E-state index contributed by atoms with van der Waals surface area (Å²) in [6.07, 6.45) is -5.33. The van der Waals surface area contributed by atoms with Crippen LogP contribution in [0.5, 0.6) is 11.5 Å². The summed E-state index contributed by atoms with van der Waals surface area (Å²) in [7, 11) is 0. The Balaban J connectivity index is 0.000000409. The fourth-order valence-electron chi connectivity index (χ4n) is 1.15. The van der Waals surface area contributed by atoms with Gasteiger partial charge in [0.15, 0.2) is 23.7 Å². The summed E-state index contributed by atoms with van der Waals surface area (Å²) in [6.45, 7) is 0.0875. The number of aromatic hydroxyl groups is 2. The number of carboxylic acid groups (broad SMARTS) is 2. The third-order valence-electron chi connectivity index (χ3n) is 2.41. The summed E-state index contributed by atoms with van der Waals surface area (Å²) in [4.78, 5) is 19.5. The quantitative estimate of drug-likeness (QED) is 0.279. The van der Waals surface area contributed by atoms with Crippen LogP contribution in [0, 0.1) is 0 Å². The second-order valence-electron chi connectivity index (χ2n) is 4.07. The highest BCUT2D eigenvalue weighted by molar-refractivity contribution is 5.83. The monoisotopic (exact) mass is 319 g/mol. The number of benzene rings is 1. The van der Waals surface area contributed by atoms with Gasteiger partial charge in [-0.05, 0) is 17.7 Å². The molecule has 0 unspecified atom stereocenters. The van der Waals surface area contributed by atoms with E-state index in [2.05, 4.69) is 0 Å². The van der Waals surface area contributed by atoms with Gasteiger partial charge >= 0.3 is 11.9 Å². The predicted octanol–water partition coefficient (Wildman–Crippen LogP) is -2.03. The van der Waals surface area contributed by atoms with Crippen LogP contribution in [-0.2, 0) is 9.59 Å². The third kappa shape index (κ3) is 5.93. The van der Waals surface area contributed by atoms with Crippen molar-refractivity contribution in [1.82, 2.24) is 0 Å². The Morgan fingerprint density at radius 1 is 0.955 bits per heavy atom. The van der Waals surface area contributed by atoms with E-state index in [4.69, 9.17) is 36.4 Å². The fourth-order valence-corrected chi connectivity index (χ4v) is 1.15. The maximum Gasteiger partial charge on any atom is 0.335 e. The average molecular weight is 319 g/mol. The summed E-state index contributed by atoms with van der Waals surface area (Å²) < 4.78 is 0. The molecule has 10 nitrogen and oxygen atoms in total. The van der Waals surface area contributed by atoms with Crippen molar-refractivity contribution in [2.24, 2.45) is 5.73 Å². The Morgan fingerprint density at radius 3 is 1.73 bits per heavy atom. The van der Waals surface area contributed by atoms with E-state index in [0.29, 0.717) is 5.56 Å². The molecule has 0 spiro atoms. The molecule has 1 aromatic carbocycles. The van der Waals surface area contributed by atoms with Gasteiger partial charge in [0, 0.05) is 6.54 Å². The van der Waals surface area contributed by atoms with Crippen LogP contribution in [0.4, 0.5) is 0 Å². The van der Waals surface area contributed by atoms with Crippen LogP contribution < -0.4 is 5.73 Å². The normalized spacial score (nSPS) is 14.2. The van der Waals surface area contributed by atoms with Crippen LogP contribution in [0.3, 0.4) is 0 Å². The van der Waals surface area contributed by atoms with Gasteiger partial charge in [-0.1, -0.05) is 6.07 Å². The molecule has 0 radical (unpaired) electrons. The highest BCUT2D eigenvalue weighted by atomic mass is 16.4. The smallest absolute Gasteiger partial charge is 0.335 e. The number of phenolic OH excluding ortho intramolecular Hbond substituents is 2. The van der Waals surface area contributed by atoms with Crippen molar-refractivity contribution >= 4 is 11.9 Å². The molecular weight excluding hydrogens is 302 g/mol. The molecule has 10 heteroatoms. The first-order chi connectivity index (χ1) is 10.1. The minimum atomic E-state index is -2.27. The number of rotatable bonds is 5. The van der Waals surface area contributed by atoms with E-state index >= 15 is 0 Å². The van der Waals surface area contributed by atoms with Crippen LogP contribution in [0.2, 0.25) is 0 Å². The van der Waals surface area contributed by atoms with Gasteiger partial charge in [-0.2, -0.15) is 0 Å². The molecule has 0 amide bonds. The van der Waals surface area contributed by atoms with Gasteiger partial charge in [0.05, 0.1) is 6.10 Å². The molecular formula is C12H17NO9. The van der Waals surface area contributed by atoms with Gasteiger partial charge in [0.1, 0.15) is 0 Å². The summed E-state index contributed by atoms with van der Waals surface area (Å²) in [6, 6.07) is 4.10. The van der Waals surface area contributed by atoms with Crippen molar-refractivity contribution in [3.63, 3.8) is 0 Å². The van der Waals surface area contributed by atoms with Crippen LogP contribution in [0.1, 0.15) is 11.7 Å². The Labute approximate surface area is 124 Å². The number of aliphatic hydroxyl groups is 3. The lowest BCUT2D eigenvalue weighted by atomic mass is 10.1. The van der Waals surface area contributed by atoms with Gasteiger partial charge in [0.2, 0.25) is 0 Å². The number of nitrogens with two attached hydrogens (primary N) is 1. The number of hydrogen-bond donors (Lipinski definition) is 8. The molecule has 3 atom stereocenters. The Bertz CT molecular complexity index is 501. The van der Waals surface area contributed by atoms with Crippen molar-refractivity contribution in [2.45, 2.75) is 18.3 Å². The second kappa shape index (κ2) is 8.79. The Hall–Kier alpha value is -2.40. The van der Waals surface area contributed by atoms with Crippen molar-refractivity contribution in [3.05, 3.63) is 23.8 Å². The van der Waals surface area contributed by atoms with Gasteiger partial charge < -0.3 is 41.5 Å². The standard InChI is InChI=1S/C8H11NO3.C4H6O6/c9-4-8(12)5-1-2-6(10)7(11)3-5;5-1(3(7)8)2(6)4(9)10/h1-3,8,10-12H,4,9H2;1-2,5-6H,(H,7,8)(H,9,10)/t8-;1-,2+/m1./s1. The van der Waals surface area contributed by atoms with Gasteiger partial charge in [-0.15, -0.1) is 0 Å². The predicted molar refractivity (Wildman–Crippen MR) is 71.1 cm³/mol. The lowest BCUT2D eigenvalue weighted by molar-refractivity contribution is -0.165. The van der Waals surface area contributed by atoms with E-state index in [9.17, 15) is 14.7 Å². The molecule has 0 aromatic heterocycles. The number of aliphatic hydroxyl groups excluding tert-OH is 3. The van der Waals surface area contributed by atoms with Gasteiger partial charge in [-0.25, -0.2) is 9.59 Å². The molecule has 0 aliphatic carbocycles. The van der Waals surface area contributed by atoms with Gasteiger partial charge in [-0.3, -0.25) is 0 Å². The van der Waals surface area contributed by atoms with E-state index in [1.54, 1.807) is 0 Å². The molecule has 22 heavy (non-hydrogen) atoms. The molecule has 1 rings (SSSR count). The zero-order valence-corrected chi connectivity index (χ0v) is 11.2. The topological polar surface area (TPSA) is 202 Å². The highest BCUT2D eigenvalue weighted by Gasteiger charge is 2.29. The maximum absolute atomic E-state index is 9.77. The first-order valence-electron chi connectivity index (χ1n) is 5.83. The molecule has 0 saturated carbocycles. The molecule has 0 fully saturated rings. The molecule has 0 saturated heterocycles. The van der Waals surface area contributed by atoms with Gasteiger partial charge in [0.25, 0.3) is 0 Å². The average Bonchev–Trinajstić information content (AvgIpc) is 2.48. The Morgan fingerprint density at radius 2 is 1.41 bits per heavy atom. The number of carboxylic acids is 2. The number of hydrogen-bond acceptors (Lipinski definition) is 8. The molecule has 0 heterocycles. The highest BCUT2D eigenvalue weighted by Crippen LogP contribution is 2.27. The number of phenols is 2. The van der Waals surface area contributed by atoms with E-state index in [0.717, 1.165) is 0 Å². The lowest BCUT2D eigenvalue weighted by Crippen LogP contribution is -2.39. The molecule has 0 bridgehead atoms.